The summed E-state index contributed by atoms with van der Waals surface area (Å²) in [7, 11) is 0. The number of para-hydroxylation sites is 1. The van der Waals surface area contributed by atoms with Crippen LogP contribution < -0.4 is 25.9 Å². The summed E-state index contributed by atoms with van der Waals surface area (Å²) in [6.45, 7) is 0.910. The van der Waals surface area contributed by atoms with E-state index in [1.54, 1.807) is 0 Å². The summed E-state index contributed by atoms with van der Waals surface area (Å²) in [5, 5.41) is 0. The van der Waals surface area contributed by atoms with Crippen LogP contribution in [0.4, 0.5) is 0 Å². The van der Waals surface area contributed by atoms with E-state index in [0.29, 0.717) is 0 Å². The van der Waals surface area contributed by atoms with E-state index in [9.17, 15) is 0 Å². The predicted molar refractivity (Wildman–Crippen MR) is 44.9 cm³/mol. The van der Waals surface area contributed by atoms with Crippen molar-refractivity contribution in [2.45, 2.75) is 12.8 Å². The Hall–Kier alpha value is -0.250. The van der Waals surface area contributed by atoms with E-state index < -0.39 is 0 Å². The SMILES string of the molecule is C[I-]c1cccc2c1OCCC2. The van der Waals surface area contributed by atoms with E-state index in [0.717, 1.165) is 6.61 Å². The van der Waals surface area contributed by atoms with Crippen molar-refractivity contribution in [3.8, 4) is 5.75 Å². The maximum absolute atomic E-state index is 5.67. The molecule has 0 saturated heterocycles. The van der Waals surface area contributed by atoms with Crippen molar-refractivity contribution < 1.29 is 25.9 Å². The van der Waals surface area contributed by atoms with Gasteiger partial charge in [-0.05, 0) is 0 Å². The topological polar surface area (TPSA) is 9.23 Å². The summed E-state index contributed by atoms with van der Waals surface area (Å²) < 4.78 is 7.14. The second kappa shape index (κ2) is 3.64. The molecule has 0 amide bonds. The molecule has 1 heterocycles. The third-order valence-corrected chi connectivity index (χ3v) is 4.10. The third kappa shape index (κ3) is 1.44. The van der Waals surface area contributed by atoms with E-state index in [2.05, 4.69) is 23.1 Å². The molecule has 0 aliphatic carbocycles. The second-order valence-corrected chi connectivity index (χ2v) is 5.11. The summed E-state index contributed by atoms with van der Waals surface area (Å²) in [6, 6.07) is 6.56. The molecule has 66 valence electrons. The van der Waals surface area contributed by atoms with Crippen LogP contribution in [0, 0.1) is 3.57 Å². The van der Waals surface area contributed by atoms with Gasteiger partial charge >= 0.3 is 83.4 Å². The summed E-state index contributed by atoms with van der Waals surface area (Å²) >= 11 is 0.167. The fourth-order valence-corrected chi connectivity index (χ4v) is 3.06. The van der Waals surface area contributed by atoms with E-state index in [4.69, 9.17) is 4.74 Å². The normalized spacial score (nSPS) is 15.4. The first-order valence-electron chi connectivity index (χ1n) is 4.16. The Morgan fingerprint density at radius 3 is 3.17 bits per heavy atom. The number of fused-ring (bicyclic) bond motifs is 1. The number of halogens is 1. The van der Waals surface area contributed by atoms with Gasteiger partial charge in [0.1, 0.15) is 0 Å². The number of aryl methyl sites for hydroxylation is 1. The number of ether oxygens (including phenoxy) is 1. The molecule has 1 nitrogen and oxygen atoms in total. The zero-order chi connectivity index (χ0) is 8.39. The Bertz CT molecular complexity index is 269. The number of hydrogen-bond donors (Lipinski definition) is 0. The quantitative estimate of drug-likeness (QED) is 0.467. The van der Waals surface area contributed by atoms with E-state index >= 15 is 0 Å². The summed E-state index contributed by atoms with van der Waals surface area (Å²) in [5.74, 6) is 1.21. The van der Waals surface area contributed by atoms with Gasteiger partial charge in [-0.1, -0.05) is 0 Å². The van der Waals surface area contributed by atoms with Gasteiger partial charge in [-0.3, -0.25) is 0 Å². The van der Waals surface area contributed by atoms with Gasteiger partial charge < -0.3 is 0 Å². The molecule has 0 aromatic heterocycles. The summed E-state index contributed by atoms with van der Waals surface area (Å²) in [5.41, 5.74) is 1.42. The van der Waals surface area contributed by atoms with Gasteiger partial charge in [-0.15, -0.1) is 0 Å². The van der Waals surface area contributed by atoms with Crippen LogP contribution >= 0.6 is 0 Å². The van der Waals surface area contributed by atoms with Crippen LogP contribution in [0.2, 0.25) is 0 Å². The van der Waals surface area contributed by atoms with Crippen LogP contribution in [0.25, 0.3) is 0 Å². The van der Waals surface area contributed by atoms with Gasteiger partial charge in [0.2, 0.25) is 0 Å². The average molecular weight is 275 g/mol. The van der Waals surface area contributed by atoms with Gasteiger partial charge in [-0.2, -0.15) is 0 Å². The first kappa shape index (κ1) is 8.35. The van der Waals surface area contributed by atoms with Crippen LogP contribution in [0.15, 0.2) is 18.2 Å². The van der Waals surface area contributed by atoms with Crippen LogP contribution in [-0.4, -0.2) is 11.5 Å². The van der Waals surface area contributed by atoms with Gasteiger partial charge in [0.25, 0.3) is 0 Å². The third-order valence-electron chi connectivity index (χ3n) is 2.09. The molecule has 1 aliphatic heterocycles. The predicted octanol–water partition coefficient (Wildman–Crippen LogP) is -1.10. The molecule has 12 heavy (non-hydrogen) atoms. The minimum atomic E-state index is 0.167. The zero-order valence-electron chi connectivity index (χ0n) is 7.14. The molecule has 1 aliphatic rings. The molecule has 1 aromatic rings. The van der Waals surface area contributed by atoms with Crippen LogP contribution in [0.3, 0.4) is 0 Å². The molecule has 1 aromatic carbocycles. The van der Waals surface area contributed by atoms with Crippen LogP contribution in [-0.2, 0) is 6.42 Å². The van der Waals surface area contributed by atoms with Gasteiger partial charge in [0.15, 0.2) is 0 Å². The fraction of sp³-hybridized carbons (Fsp3) is 0.400. The first-order chi connectivity index (χ1) is 5.92. The van der Waals surface area contributed by atoms with Crippen LogP contribution in [0.5, 0.6) is 5.75 Å². The Kier molecular flexibility index (Phi) is 2.54. The molecular formula is C10H12IO-. The summed E-state index contributed by atoms with van der Waals surface area (Å²) in [6.07, 6.45) is 2.38. The molecule has 0 atom stereocenters. The van der Waals surface area contributed by atoms with Crippen molar-refractivity contribution in [2.75, 3.05) is 11.5 Å². The number of hydrogen-bond acceptors (Lipinski definition) is 1. The molecule has 2 rings (SSSR count). The molecule has 0 unspecified atom stereocenters. The minimum absolute atomic E-state index is 0.167. The van der Waals surface area contributed by atoms with Gasteiger partial charge in [0, 0.05) is 0 Å². The molecule has 0 bridgehead atoms. The van der Waals surface area contributed by atoms with Crippen LogP contribution in [0.1, 0.15) is 12.0 Å². The first-order valence-corrected chi connectivity index (χ1v) is 7.39. The van der Waals surface area contributed by atoms with Crippen molar-refractivity contribution >= 4 is 0 Å². The van der Waals surface area contributed by atoms with Crippen molar-refractivity contribution in [1.29, 1.82) is 0 Å². The molecular weight excluding hydrogens is 263 g/mol. The number of alkyl halides is 1. The maximum atomic E-state index is 5.67. The Morgan fingerprint density at radius 1 is 1.42 bits per heavy atom. The standard InChI is InChI=1S/C10H12IO/c1-11-9-6-2-4-8-5-3-7-12-10(8)9/h2,4,6H,3,5,7H2,1H3/q-1. The Labute approximate surface area is 83.4 Å². The van der Waals surface area contributed by atoms with Crippen molar-refractivity contribution in [1.82, 2.24) is 0 Å². The van der Waals surface area contributed by atoms with E-state index in [1.807, 2.05) is 0 Å². The van der Waals surface area contributed by atoms with Crippen molar-refractivity contribution in [2.24, 2.45) is 0 Å². The van der Waals surface area contributed by atoms with Crippen molar-refractivity contribution in [3.63, 3.8) is 0 Å². The Morgan fingerprint density at radius 2 is 2.33 bits per heavy atom. The molecule has 0 saturated carbocycles. The fourth-order valence-electron chi connectivity index (χ4n) is 1.50. The average Bonchev–Trinajstić information content (AvgIpc) is 2.17. The second-order valence-electron chi connectivity index (χ2n) is 2.87. The Balaban J connectivity index is 2.44. The molecule has 0 N–H and O–H groups in total. The zero-order valence-corrected chi connectivity index (χ0v) is 9.30. The summed E-state index contributed by atoms with van der Waals surface area (Å²) in [4.78, 5) is 2.28. The molecule has 0 radical (unpaired) electrons. The van der Waals surface area contributed by atoms with Crippen molar-refractivity contribution in [3.05, 3.63) is 27.3 Å². The van der Waals surface area contributed by atoms with E-state index in [1.165, 1.54) is 27.7 Å². The molecule has 2 heteroatoms. The molecule has 0 spiro atoms. The number of benzene rings is 1. The molecule has 0 fully saturated rings. The van der Waals surface area contributed by atoms with Gasteiger partial charge in [0.05, 0.1) is 0 Å². The van der Waals surface area contributed by atoms with Gasteiger partial charge in [-0.25, -0.2) is 0 Å². The van der Waals surface area contributed by atoms with E-state index in [-0.39, 0.29) is 21.2 Å². The number of rotatable bonds is 1. The monoisotopic (exact) mass is 275 g/mol.